The van der Waals surface area contributed by atoms with E-state index in [0.29, 0.717) is 5.56 Å². The number of carbonyl (C=O) groups is 1. The first kappa shape index (κ1) is 13.0. The molecule has 0 spiro atoms. The lowest BCUT2D eigenvalue weighted by Crippen LogP contribution is -1.94. The van der Waals surface area contributed by atoms with Gasteiger partial charge in [0.05, 0.1) is 11.1 Å². The molecule has 0 amide bonds. The Morgan fingerprint density at radius 3 is 2.43 bits per heavy atom. The minimum Gasteiger partial charge on any atom is -0.478 e. The number of hydrogen-bond donors (Lipinski definition) is 1. The summed E-state index contributed by atoms with van der Waals surface area (Å²) in [5.74, 6) is 1.97. The van der Waals surface area contributed by atoms with E-state index in [9.17, 15) is 4.79 Å². The third-order valence-corrected chi connectivity index (χ3v) is 3.39. The molecule has 3 nitrogen and oxygen atoms in total. The predicted molar refractivity (Wildman–Crippen MR) is 83.2 cm³/mol. The van der Waals surface area contributed by atoms with Gasteiger partial charge in [0.15, 0.2) is 0 Å². The van der Waals surface area contributed by atoms with Crippen molar-refractivity contribution in [1.29, 1.82) is 0 Å². The molecule has 0 saturated carbocycles. The van der Waals surface area contributed by atoms with Crippen LogP contribution in [0.15, 0.2) is 54.7 Å². The van der Waals surface area contributed by atoms with Crippen molar-refractivity contribution in [3.8, 4) is 23.1 Å². The molecule has 0 atom stereocenters. The average molecular weight is 275 g/mol. The fourth-order valence-corrected chi connectivity index (χ4v) is 2.35. The summed E-state index contributed by atoms with van der Waals surface area (Å²) in [5.41, 5.74) is 3.41. The molecule has 1 heterocycles. The van der Waals surface area contributed by atoms with E-state index in [2.05, 4.69) is 18.0 Å². The summed E-state index contributed by atoms with van der Waals surface area (Å²) in [7, 11) is 0. The van der Waals surface area contributed by atoms with Crippen LogP contribution in [0, 0.1) is 12.0 Å². The van der Waals surface area contributed by atoms with Crippen molar-refractivity contribution in [2.24, 2.45) is 0 Å². The Bertz CT molecular complexity index is 877. The van der Waals surface area contributed by atoms with Gasteiger partial charge in [-0.15, -0.1) is 0 Å². The molecule has 0 aliphatic carbocycles. The summed E-state index contributed by atoms with van der Waals surface area (Å²) in [5, 5.41) is 10.0. The summed E-state index contributed by atoms with van der Waals surface area (Å²) in [4.78, 5) is 10.9. The first-order valence-corrected chi connectivity index (χ1v) is 6.56. The lowest BCUT2D eigenvalue weighted by atomic mass is 10.0. The fourth-order valence-electron chi connectivity index (χ4n) is 2.35. The largest absolute Gasteiger partial charge is 0.478 e. The average Bonchev–Trinajstić information content (AvgIpc) is 2.90. The molecule has 0 bridgehead atoms. The second-order valence-corrected chi connectivity index (χ2v) is 4.70. The number of benzene rings is 2. The molecule has 0 aliphatic heterocycles. The summed E-state index contributed by atoms with van der Waals surface area (Å²) in [6, 6.07) is 18.1. The smallest absolute Gasteiger partial charge is 0.335 e. The standard InChI is InChI=1S/C18H13NO2/c1-2-10-19-11-9-16-12-15(7-8-17(16)19)13-3-5-14(6-4-13)18(20)21/h3-9,11-12H,1H3,(H,20,21). The van der Waals surface area contributed by atoms with Crippen molar-refractivity contribution in [2.45, 2.75) is 6.92 Å². The van der Waals surface area contributed by atoms with E-state index in [-0.39, 0.29) is 0 Å². The number of hydrogen-bond acceptors (Lipinski definition) is 1. The van der Waals surface area contributed by atoms with Crippen LogP contribution in [0.5, 0.6) is 0 Å². The van der Waals surface area contributed by atoms with Crippen molar-refractivity contribution < 1.29 is 9.90 Å². The molecular weight excluding hydrogens is 262 g/mol. The molecule has 3 aromatic rings. The highest BCUT2D eigenvalue weighted by Gasteiger charge is 2.05. The highest BCUT2D eigenvalue weighted by molar-refractivity contribution is 5.89. The van der Waals surface area contributed by atoms with Crippen LogP contribution >= 0.6 is 0 Å². The minimum atomic E-state index is -0.910. The number of aromatic carboxylic acids is 1. The Balaban J connectivity index is 2.04. The molecule has 0 fully saturated rings. The monoisotopic (exact) mass is 275 g/mol. The molecule has 21 heavy (non-hydrogen) atoms. The lowest BCUT2D eigenvalue weighted by molar-refractivity contribution is 0.0697. The van der Waals surface area contributed by atoms with Crippen LogP contribution in [0.1, 0.15) is 17.3 Å². The van der Waals surface area contributed by atoms with Crippen LogP contribution in [-0.2, 0) is 0 Å². The van der Waals surface area contributed by atoms with Gasteiger partial charge >= 0.3 is 5.97 Å². The molecule has 0 aliphatic rings. The summed E-state index contributed by atoms with van der Waals surface area (Å²) in [6.45, 7) is 1.81. The van der Waals surface area contributed by atoms with E-state index in [0.717, 1.165) is 22.0 Å². The maximum Gasteiger partial charge on any atom is 0.335 e. The van der Waals surface area contributed by atoms with Gasteiger partial charge in [0.1, 0.15) is 0 Å². The molecular formula is C18H13NO2. The molecule has 102 valence electrons. The SMILES string of the molecule is CC#Cn1ccc2cc(-c3ccc(C(=O)O)cc3)ccc21. The Morgan fingerprint density at radius 2 is 1.76 bits per heavy atom. The van der Waals surface area contributed by atoms with Gasteiger partial charge in [-0.05, 0) is 48.4 Å². The van der Waals surface area contributed by atoms with E-state index in [1.54, 1.807) is 12.1 Å². The molecule has 3 rings (SSSR count). The number of nitrogens with zero attached hydrogens (tertiary/aromatic N) is 1. The zero-order valence-corrected chi connectivity index (χ0v) is 11.5. The third kappa shape index (κ3) is 2.39. The molecule has 2 aromatic carbocycles. The van der Waals surface area contributed by atoms with E-state index >= 15 is 0 Å². The number of rotatable bonds is 2. The van der Waals surface area contributed by atoms with Gasteiger partial charge in [-0.1, -0.05) is 24.1 Å². The molecule has 0 saturated heterocycles. The molecule has 1 N–H and O–H groups in total. The Morgan fingerprint density at radius 1 is 1.05 bits per heavy atom. The molecule has 0 radical (unpaired) electrons. The van der Waals surface area contributed by atoms with E-state index in [1.807, 2.05) is 48.0 Å². The third-order valence-electron chi connectivity index (χ3n) is 3.39. The van der Waals surface area contributed by atoms with Crippen LogP contribution in [-0.4, -0.2) is 15.6 Å². The fraction of sp³-hybridized carbons (Fsp3) is 0.0556. The van der Waals surface area contributed by atoms with Crippen molar-refractivity contribution in [1.82, 2.24) is 4.57 Å². The number of fused-ring (bicyclic) bond motifs is 1. The Hall–Kier alpha value is -2.99. The van der Waals surface area contributed by atoms with Crippen LogP contribution in [0.4, 0.5) is 0 Å². The van der Waals surface area contributed by atoms with Crippen molar-refractivity contribution >= 4 is 16.9 Å². The summed E-state index contributed by atoms with van der Waals surface area (Å²) in [6.07, 6.45) is 1.94. The van der Waals surface area contributed by atoms with E-state index < -0.39 is 5.97 Å². The molecule has 3 heteroatoms. The van der Waals surface area contributed by atoms with E-state index in [4.69, 9.17) is 5.11 Å². The summed E-state index contributed by atoms with van der Waals surface area (Å²) < 4.78 is 1.90. The first-order valence-electron chi connectivity index (χ1n) is 6.56. The number of carboxylic acid groups (broad SMARTS) is 1. The highest BCUT2D eigenvalue weighted by Crippen LogP contribution is 2.25. The zero-order valence-electron chi connectivity index (χ0n) is 11.5. The second kappa shape index (κ2) is 5.18. The number of aromatic nitrogens is 1. The quantitative estimate of drug-likeness (QED) is 0.722. The summed E-state index contributed by atoms with van der Waals surface area (Å²) >= 11 is 0. The maximum atomic E-state index is 10.9. The van der Waals surface area contributed by atoms with Crippen LogP contribution in [0.2, 0.25) is 0 Å². The highest BCUT2D eigenvalue weighted by atomic mass is 16.4. The van der Waals surface area contributed by atoms with Crippen LogP contribution < -0.4 is 0 Å². The zero-order chi connectivity index (χ0) is 14.8. The van der Waals surface area contributed by atoms with Gasteiger partial charge < -0.3 is 5.11 Å². The van der Waals surface area contributed by atoms with Crippen LogP contribution in [0.25, 0.3) is 22.0 Å². The topological polar surface area (TPSA) is 42.2 Å². The van der Waals surface area contributed by atoms with Gasteiger partial charge in [0, 0.05) is 17.6 Å². The van der Waals surface area contributed by atoms with Gasteiger partial charge in [-0.3, -0.25) is 4.57 Å². The van der Waals surface area contributed by atoms with E-state index in [1.165, 1.54) is 0 Å². The normalized spacial score (nSPS) is 10.1. The van der Waals surface area contributed by atoms with Crippen molar-refractivity contribution in [3.05, 3.63) is 60.3 Å². The first-order chi connectivity index (χ1) is 10.2. The molecule has 0 unspecified atom stereocenters. The second-order valence-electron chi connectivity index (χ2n) is 4.70. The molecule has 1 aromatic heterocycles. The predicted octanol–water partition coefficient (Wildman–Crippen LogP) is 3.84. The van der Waals surface area contributed by atoms with Crippen molar-refractivity contribution in [2.75, 3.05) is 0 Å². The lowest BCUT2D eigenvalue weighted by Gasteiger charge is -2.03. The van der Waals surface area contributed by atoms with Gasteiger partial charge in [0.25, 0.3) is 0 Å². The van der Waals surface area contributed by atoms with Crippen LogP contribution in [0.3, 0.4) is 0 Å². The minimum absolute atomic E-state index is 0.296. The van der Waals surface area contributed by atoms with Gasteiger partial charge in [-0.25, -0.2) is 4.79 Å². The van der Waals surface area contributed by atoms with Gasteiger partial charge in [-0.2, -0.15) is 0 Å². The number of carboxylic acids is 1. The van der Waals surface area contributed by atoms with Gasteiger partial charge in [0.2, 0.25) is 0 Å². The van der Waals surface area contributed by atoms with Crippen molar-refractivity contribution in [3.63, 3.8) is 0 Å². The Labute approximate surface area is 122 Å². The maximum absolute atomic E-state index is 10.9. The Kier molecular flexibility index (Phi) is 3.21.